The smallest absolute Gasteiger partial charge is 0.337 e. The van der Waals surface area contributed by atoms with Crippen molar-refractivity contribution in [2.45, 2.75) is 19.4 Å². The topological polar surface area (TPSA) is 60.8 Å². The van der Waals surface area contributed by atoms with E-state index in [-0.39, 0.29) is 5.97 Å². The highest BCUT2D eigenvalue weighted by Gasteiger charge is 2.32. The van der Waals surface area contributed by atoms with Gasteiger partial charge in [-0.25, -0.2) is 14.8 Å². The van der Waals surface area contributed by atoms with Crippen LogP contribution in [0.3, 0.4) is 0 Å². The minimum atomic E-state index is -0.471. The molecule has 3 aromatic rings. The van der Waals surface area contributed by atoms with Crippen LogP contribution >= 0.6 is 11.3 Å². The molecule has 2 aromatic carbocycles. The molecule has 1 aliphatic rings. The van der Waals surface area contributed by atoms with Crippen molar-refractivity contribution in [1.29, 1.82) is 0 Å². The average molecular weight is 378 g/mol. The molecule has 0 amide bonds. The molecule has 0 saturated carbocycles. The molecule has 0 atom stereocenters. The molecule has 0 unspecified atom stereocenters. The van der Waals surface area contributed by atoms with E-state index in [4.69, 9.17) is 9.47 Å². The van der Waals surface area contributed by atoms with Gasteiger partial charge in [0.15, 0.2) is 5.01 Å². The summed E-state index contributed by atoms with van der Waals surface area (Å²) < 4.78 is 10.9. The fourth-order valence-corrected chi connectivity index (χ4v) is 3.75. The number of para-hydroxylation sites is 1. The molecular formula is C21H18N2O3S. The number of ether oxygens (including phenoxy) is 2. The van der Waals surface area contributed by atoms with Gasteiger partial charge < -0.3 is 9.47 Å². The first-order chi connectivity index (χ1) is 13.0. The Morgan fingerprint density at radius 3 is 2.59 bits per heavy atom. The summed E-state index contributed by atoms with van der Waals surface area (Å²) in [6, 6.07) is 15.1. The van der Waals surface area contributed by atoms with Crippen LogP contribution in [0.25, 0.3) is 11.3 Å². The second-order valence-electron chi connectivity index (χ2n) is 6.65. The summed E-state index contributed by atoms with van der Waals surface area (Å²) >= 11 is 1.48. The minimum Gasteiger partial charge on any atom is -0.465 e. The SMILES string of the molecule is COC(=O)c1ccc(-c2csc(C3=Nc4ccccc4C(C)(C)O3)n2)cc1. The van der Waals surface area contributed by atoms with Gasteiger partial charge in [0, 0.05) is 16.5 Å². The second-order valence-corrected chi connectivity index (χ2v) is 7.51. The molecule has 0 bridgehead atoms. The molecule has 0 fully saturated rings. The van der Waals surface area contributed by atoms with E-state index in [9.17, 15) is 4.79 Å². The van der Waals surface area contributed by atoms with Crippen LogP contribution in [-0.2, 0) is 15.1 Å². The van der Waals surface area contributed by atoms with Crippen LogP contribution in [0.2, 0.25) is 0 Å². The average Bonchev–Trinajstić information content (AvgIpc) is 3.17. The molecule has 136 valence electrons. The van der Waals surface area contributed by atoms with Crippen molar-refractivity contribution in [1.82, 2.24) is 4.98 Å². The Morgan fingerprint density at radius 2 is 1.85 bits per heavy atom. The van der Waals surface area contributed by atoms with E-state index in [0.717, 1.165) is 27.5 Å². The molecule has 0 aliphatic carbocycles. The van der Waals surface area contributed by atoms with E-state index < -0.39 is 5.60 Å². The summed E-state index contributed by atoms with van der Waals surface area (Å²) in [6.45, 7) is 4.06. The molecular weight excluding hydrogens is 360 g/mol. The first-order valence-corrected chi connectivity index (χ1v) is 9.38. The zero-order valence-electron chi connectivity index (χ0n) is 15.2. The number of thiazole rings is 1. The third kappa shape index (κ3) is 3.24. The first-order valence-electron chi connectivity index (χ1n) is 8.50. The lowest BCUT2D eigenvalue weighted by atomic mass is 9.95. The van der Waals surface area contributed by atoms with Crippen molar-refractivity contribution in [3.63, 3.8) is 0 Å². The van der Waals surface area contributed by atoms with Crippen LogP contribution in [0.5, 0.6) is 0 Å². The third-order valence-corrected chi connectivity index (χ3v) is 5.25. The maximum Gasteiger partial charge on any atom is 0.337 e. The Balaban J connectivity index is 1.65. The number of nitrogens with zero attached hydrogens (tertiary/aromatic N) is 2. The van der Waals surface area contributed by atoms with Gasteiger partial charge in [-0.05, 0) is 32.0 Å². The van der Waals surface area contributed by atoms with Crippen LogP contribution in [0.1, 0.15) is 34.8 Å². The molecule has 27 heavy (non-hydrogen) atoms. The molecule has 1 aromatic heterocycles. The lowest BCUT2D eigenvalue weighted by Gasteiger charge is -2.31. The Labute approximate surface area is 161 Å². The second kappa shape index (κ2) is 6.63. The zero-order chi connectivity index (χ0) is 19.0. The Morgan fingerprint density at radius 1 is 1.11 bits per heavy atom. The van der Waals surface area contributed by atoms with Gasteiger partial charge in [-0.1, -0.05) is 30.3 Å². The van der Waals surface area contributed by atoms with E-state index in [1.165, 1.54) is 18.4 Å². The van der Waals surface area contributed by atoms with Crippen molar-refractivity contribution < 1.29 is 14.3 Å². The van der Waals surface area contributed by atoms with E-state index in [1.807, 2.05) is 55.6 Å². The largest absolute Gasteiger partial charge is 0.465 e. The lowest BCUT2D eigenvalue weighted by molar-refractivity contribution is 0.0600. The van der Waals surface area contributed by atoms with Crippen LogP contribution in [0, 0.1) is 0 Å². The first kappa shape index (κ1) is 17.4. The van der Waals surface area contributed by atoms with E-state index in [0.29, 0.717) is 11.5 Å². The summed E-state index contributed by atoms with van der Waals surface area (Å²) in [5.41, 5.74) is 3.74. The number of fused-ring (bicyclic) bond motifs is 1. The number of aromatic nitrogens is 1. The molecule has 2 heterocycles. The summed E-state index contributed by atoms with van der Waals surface area (Å²) in [7, 11) is 1.37. The number of carbonyl (C=O) groups excluding carboxylic acids is 1. The quantitative estimate of drug-likeness (QED) is 0.606. The molecule has 6 heteroatoms. The molecule has 4 rings (SSSR count). The highest BCUT2D eigenvalue weighted by molar-refractivity contribution is 7.12. The van der Waals surface area contributed by atoms with Crippen LogP contribution in [0.4, 0.5) is 5.69 Å². The predicted octanol–water partition coefficient (Wildman–Crippen LogP) is 4.94. The minimum absolute atomic E-state index is 0.355. The number of hydrogen-bond donors (Lipinski definition) is 0. The monoisotopic (exact) mass is 378 g/mol. The number of carbonyl (C=O) groups is 1. The van der Waals surface area contributed by atoms with Gasteiger partial charge in [0.2, 0.25) is 0 Å². The predicted molar refractivity (Wildman–Crippen MR) is 106 cm³/mol. The maximum atomic E-state index is 11.6. The highest BCUT2D eigenvalue weighted by Crippen LogP contribution is 2.38. The molecule has 0 spiro atoms. The summed E-state index contributed by atoms with van der Waals surface area (Å²) in [5.74, 6) is 0.174. The summed E-state index contributed by atoms with van der Waals surface area (Å²) in [5, 5.41) is 2.69. The van der Waals surface area contributed by atoms with Crippen LogP contribution in [0.15, 0.2) is 58.9 Å². The van der Waals surface area contributed by atoms with E-state index in [1.54, 1.807) is 12.1 Å². The van der Waals surface area contributed by atoms with Crippen molar-refractivity contribution in [3.8, 4) is 11.3 Å². The molecule has 5 nitrogen and oxygen atoms in total. The summed E-state index contributed by atoms with van der Waals surface area (Å²) in [6.07, 6.45) is 0. The highest BCUT2D eigenvalue weighted by atomic mass is 32.1. The van der Waals surface area contributed by atoms with Crippen molar-refractivity contribution in [2.24, 2.45) is 4.99 Å². The molecule has 0 radical (unpaired) electrons. The van der Waals surface area contributed by atoms with Crippen molar-refractivity contribution in [3.05, 3.63) is 70.0 Å². The fraction of sp³-hybridized carbons (Fsp3) is 0.190. The van der Waals surface area contributed by atoms with Gasteiger partial charge in [0.1, 0.15) is 5.60 Å². The molecule has 0 N–H and O–H groups in total. The third-order valence-electron chi connectivity index (χ3n) is 4.42. The summed E-state index contributed by atoms with van der Waals surface area (Å²) in [4.78, 5) is 20.9. The Kier molecular flexibility index (Phi) is 4.28. The maximum absolute atomic E-state index is 11.6. The van der Waals surface area contributed by atoms with Crippen molar-refractivity contribution >= 4 is 28.9 Å². The molecule has 1 aliphatic heterocycles. The Hall–Kier alpha value is -2.99. The van der Waals surface area contributed by atoms with Gasteiger partial charge >= 0.3 is 5.97 Å². The van der Waals surface area contributed by atoms with Gasteiger partial charge in [-0.2, -0.15) is 0 Å². The number of methoxy groups -OCH3 is 1. The van der Waals surface area contributed by atoms with Gasteiger partial charge in [-0.15, -0.1) is 11.3 Å². The van der Waals surface area contributed by atoms with Crippen molar-refractivity contribution in [2.75, 3.05) is 7.11 Å². The van der Waals surface area contributed by atoms with Gasteiger partial charge in [0.05, 0.1) is 24.1 Å². The van der Waals surface area contributed by atoms with E-state index in [2.05, 4.69) is 9.98 Å². The Bertz CT molecular complexity index is 1040. The fourth-order valence-electron chi connectivity index (χ4n) is 3.00. The zero-order valence-corrected chi connectivity index (χ0v) is 16.0. The van der Waals surface area contributed by atoms with Crippen LogP contribution < -0.4 is 0 Å². The standard InChI is InChI=1S/C21H18N2O3S/c1-21(2)15-6-4-5-7-16(15)22-18(26-21)19-23-17(12-27-19)13-8-10-14(11-9-13)20(24)25-3/h4-12H,1-3H3. The number of benzene rings is 2. The van der Waals surface area contributed by atoms with E-state index >= 15 is 0 Å². The normalized spacial score (nSPS) is 14.7. The molecule has 0 saturated heterocycles. The number of aliphatic imine (C=N–C) groups is 1. The van der Waals surface area contributed by atoms with Gasteiger partial charge in [0.25, 0.3) is 5.90 Å². The lowest BCUT2D eigenvalue weighted by Crippen LogP contribution is -2.29. The number of esters is 1. The van der Waals surface area contributed by atoms with Gasteiger partial charge in [-0.3, -0.25) is 0 Å². The number of hydrogen-bond acceptors (Lipinski definition) is 6. The number of rotatable bonds is 3. The van der Waals surface area contributed by atoms with Crippen LogP contribution in [-0.4, -0.2) is 24.0 Å².